The number of hydrogen-bond acceptors (Lipinski definition) is 6. The number of carbonyl (C=O) groups excluding carboxylic acids is 1. The van der Waals surface area contributed by atoms with E-state index in [1.165, 1.54) is 21.3 Å². The van der Waals surface area contributed by atoms with Gasteiger partial charge >= 0.3 is 0 Å². The van der Waals surface area contributed by atoms with E-state index >= 15 is 0 Å². The lowest BCUT2D eigenvalue weighted by atomic mass is 10.0. The van der Waals surface area contributed by atoms with Gasteiger partial charge in [0.05, 0.1) is 27.0 Å². The molecule has 1 amide bonds. The molecular formula is C22H21N3O4. The lowest BCUT2D eigenvalue weighted by Gasteiger charge is -2.13. The van der Waals surface area contributed by atoms with Crippen molar-refractivity contribution in [1.82, 2.24) is 10.4 Å². The van der Waals surface area contributed by atoms with Crippen LogP contribution in [-0.4, -0.2) is 37.9 Å². The summed E-state index contributed by atoms with van der Waals surface area (Å²) in [6.45, 7) is 0. The smallest absolute Gasteiger partial charge is 0.271 e. The van der Waals surface area contributed by atoms with Crippen LogP contribution in [0, 0.1) is 0 Å². The topological polar surface area (TPSA) is 82.0 Å². The molecule has 1 aromatic heterocycles. The molecule has 0 unspecified atom stereocenters. The fourth-order valence-corrected chi connectivity index (χ4v) is 2.78. The van der Waals surface area contributed by atoms with Gasteiger partial charge in [0.15, 0.2) is 11.5 Å². The number of rotatable bonds is 7. The number of methoxy groups -OCH3 is 3. The van der Waals surface area contributed by atoms with Crippen molar-refractivity contribution in [1.29, 1.82) is 0 Å². The van der Waals surface area contributed by atoms with Crippen molar-refractivity contribution in [3.8, 4) is 17.2 Å². The predicted octanol–water partition coefficient (Wildman–Crippen LogP) is 3.29. The van der Waals surface area contributed by atoms with E-state index in [1.807, 2.05) is 42.5 Å². The number of hydrazone groups is 1. The summed E-state index contributed by atoms with van der Waals surface area (Å²) in [5.74, 6) is 0.769. The van der Waals surface area contributed by atoms with E-state index in [-0.39, 0.29) is 0 Å². The van der Waals surface area contributed by atoms with Crippen molar-refractivity contribution >= 4 is 11.6 Å². The normalized spacial score (nSPS) is 10.9. The largest absolute Gasteiger partial charge is 0.493 e. The summed E-state index contributed by atoms with van der Waals surface area (Å²) in [4.78, 5) is 16.9. The van der Waals surface area contributed by atoms with Gasteiger partial charge in [0, 0.05) is 29.1 Å². The van der Waals surface area contributed by atoms with E-state index in [9.17, 15) is 4.79 Å². The van der Waals surface area contributed by atoms with Crippen molar-refractivity contribution in [2.75, 3.05) is 21.3 Å². The summed E-state index contributed by atoms with van der Waals surface area (Å²) >= 11 is 0. The van der Waals surface area contributed by atoms with Crippen molar-refractivity contribution in [2.45, 2.75) is 0 Å². The first kappa shape index (κ1) is 19.9. The Morgan fingerprint density at radius 2 is 1.52 bits per heavy atom. The Balaban J connectivity index is 1.95. The van der Waals surface area contributed by atoms with Gasteiger partial charge in [-0.05, 0) is 24.3 Å². The maximum atomic E-state index is 12.8. The summed E-state index contributed by atoms with van der Waals surface area (Å²) in [5, 5.41) is 4.36. The van der Waals surface area contributed by atoms with Crippen molar-refractivity contribution in [3.05, 3.63) is 83.7 Å². The molecule has 0 saturated carbocycles. The third kappa shape index (κ3) is 4.52. The lowest BCUT2D eigenvalue weighted by molar-refractivity contribution is 0.0954. The van der Waals surface area contributed by atoms with E-state index in [2.05, 4.69) is 15.5 Å². The van der Waals surface area contributed by atoms with Crippen LogP contribution >= 0.6 is 0 Å². The average molecular weight is 391 g/mol. The highest BCUT2D eigenvalue weighted by molar-refractivity contribution is 6.13. The molecule has 0 saturated heterocycles. The second-order valence-electron chi connectivity index (χ2n) is 5.92. The van der Waals surface area contributed by atoms with Gasteiger partial charge in [-0.3, -0.25) is 9.78 Å². The van der Waals surface area contributed by atoms with Crippen molar-refractivity contribution in [3.63, 3.8) is 0 Å². The number of aromatic nitrogens is 1. The molecule has 7 heteroatoms. The van der Waals surface area contributed by atoms with E-state index < -0.39 is 5.91 Å². The maximum Gasteiger partial charge on any atom is 0.271 e. The van der Waals surface area contributed by atoms with Crippen LogP contribution in [0.15, 0.2) is 72.1 Å². The fraction of sp³-hybridized carbons (Fsp3) is 0.136. The van der Waals surface area contributed by atoms with Crippen LogP contribution in [0.3, 0.4) is 0 Å². The Labute approximate surface area is 169 Å². The van der Waals surface area contributed by atoms with Crippen LogP contribution in [0.25, 0.3) is 0 Å². The van der Waals surface area contributed by atoms with Crippen LogP contribution < -0.4 is 19.6 Å². The molecule has 3 aromatic rings. The van der Waals surface area contributed by atoms with E-state index in [4.69, 9.17) is 14.2 Å². The molecule has 0 atom stereocenters. The number of amides is 1. The third-order valence-corrected chi connectivity index (χ3v) is 4.18. The molecule has 0 aliphatic heterocycles. The Morgan fingerprint density at radius 3 is 2.07 bits per heavy atom. The predicted molar refractivity (Wildman–Crippen MR) is 110 cm³/mol. The summed E-state index contributed by atoms with van der Waals surface area (Å²) < 4.78 is 15.9. The summed E-state index contributed by atoms with van der Waals surface area (Å²) in [6, 6.07) is 16.4. The minimum Gasteiger partial charge on any atom is -0.493 e. The van der Waals surface area contributed by atoms with Crippen molar-refractivity contribution < 1.29 is 19.0 Å². The molecule has 7 nitrogen and oxygen atoms in total. The zero-order valence-electron chi connectivity index (χ0n) is 16.4. The van der Waals surface area contributed by atoms with Crippen LogP contribution in [0.5, 0.6) is 17.2 Å². The lowest BCUT2D eigenvalue weighted by Crippen LogP contribution is -2.21. The number of hydrogen-bond donors (Lipinski definition) is 1. The van der Waals surface area contributed by atoms with Gasteiger partial charge in [-0.2, -0.15) is 5.10 Å². The van der Waals surface area contributed by atoms with Crippen LogP contribution in [0.4, 0.5) is 0 Å². The number of benzene rings is 2. The second kappa shape index (κ2) is 9.36. The molecule has 1 N–H and O–H groups in total. The van der Waals surface area contributed by atoms with Gasteiger partial charge in [-0.25, -0.2) is 5.43 Å². The first-order valence-corrected chi connectivity index (χ1v) is 8.81. The Kier molecular flexibility index (Phi) is 6.42. The number of pyridine rings is 1. The minimum atomic E-state index is -0.415. The summed E-state index contributed by atoms with van der Waals surface area (Å²) in [5.41, 5.74) is 5.16. The first-order valence-electron chi connectivity index (χ1n) is 8.81. The summed E-state index contributed by atoms with van der Waals surface area (Å²) in [7, 11) is 4.49. The standard InChI is InChI=1S/C22H21N3O4/c1-27-18-12-17(13-19(28-2)21(18)29-3)22(26)25-24-20(15-8-5-4-6-9-15)16-10-7-11-23-14-16/h4-14H,1-3H3,(H,25,26). The molecule has 1 heterocycles. The number of ether oxygens (including phenoxy) is 3. The van der Waals surface area contributed by atoms with E-state index in [0.29, 0.717) is 28.5 Å². The van der Waals surface area contributed by atoms with Gasteiger partial charge in [0.25, 0.3) is 5.91 Å². The minimum absolute atomic E-state index is 0.321. The molecule has 0 bridgehead atoms. The Morgan fingerprint density at radius 1 is 0.862 bits per heavy atom. The third-order valence-electron chi connectivity index (χ3n) is 4.18. The highest BCUT2D eigenvalue weighted by atomic mass is 16.5. The fourth-order valence-electron chi connectivity index (χ4n) is 2.78. The van der Waals surface area contributed by atoms with Gasteiger partial charge in [0.2, 0.25) is 5.75 Å². The first-order chi connectivity index (χ1) is 14.2. The van der Waals surface area contributed by atoms with Gasteiger partial charge < -0.3 is 14.2 Å². The van der Waals surface area contributed by atoms with E-state index in [0.717, 1.165) is 11.1 Å². The highest BCUT2D eigenvalue weighted by Gasteiger charge is 2.17. The SMILES string of the molecule is COc1cc(C(=O)NN=C(c2ccccc2)c2cccnc2)cc(OC)c1OC. The zero-order valence-corrected chi connectivity index (χ0v) is 16.4. The number of carbonyl (C=O) groups is 1. The maximum absolute atomic E-state index is 12.8. The molecule has 0 aliphatic carbocycles. The molecule has 0 aliphatic rings. The molecule has 29 heavy (non-hydrogen) atoms. The van der Waals surface area contributed by atoms with Crippen LogP contribution in [0.2, 0.25) is 0 Å². The van der Waals surface area contributed by atoms with E-state index in [1.54, 1.807) is 24.5 Å². The molecule has 3 rings (SSSR count). The average Bonchev–Trinajstić information content (AvgIpc) is 2.79. The monoisotopic (exact) mass is 391 g/mol. The quantitative estimate of drug-likeness (QED) is 0.494. The van der Waals surface area contributed by atoms with Crippen LogP contribution in [0.1, 0.15) is 21.5 Å². The molecule has 148 valence electrons. The zero-order chi connectivity index (χ0) is 20.6. The van der Waals surface area contributed by atoms with Gasteiger partial charge in [-0.1, -0.05) is 30.3 Å². The Bertz CT molecular complexity index is 939. The number of nitrogens with zero attached hydrogens (tertiary/aromatic N) is 2. The molecule has 0 fully saturated rings. The number of nitrogens with one attached hydrogen (secondary N) is 1. The molecule has 2 aromatic carbocycles. The Hall–Kier alpha value is -3.87. The molecule has 0 radical (unpaired) electrons. The van der Waals surface area contributed by atoms with Crippen LogP contribution in [-0.2, 0) is 0 Å². The summed E-state index contributed by atoms with van der Waals surface area (Å²) in [6.07, 6.45) is 3.37. The van der Waals surface area contributed by atoms with Crippen molar-refractivity contribution in [2.24, 2.45) is 5.10 Å². The molecule has 0 spiro atoms. The molecular weight excluding hydrogens is 370 g/mol. The highest BCUT2D eigenvalue weighted by Crippen LogP contribution is 2.38. The second-order valence-corrected chi connectivity index (χ2v) is 5.92. The van der Waals surface area contributed by atoms with Gasteiger partial charge in [0.1, 0.15) is 0 Å². The van der Waals surface area contributed by atoms with Gasteiger partial charge in [-0.15, -0.1) is 0 Å².